The molecule has 0 spiro atoms. The van der Waals surface area contributed by atoms with Crippen molar-refractivity contribution < 1.29 is 13.2 Å². The molecule has 7 heteroatoms. The van der Waals surface area contributed by atoms with Gasteiger partial charge in [0, 0.05) is 30.2 Å². The first-order chi connectivity index (χ1) is 11.9. The fourth-order valence-corrected chi connectivity index (χ4v) is 4.41. The molecule has 2 aromatic rings. The van der Waals surface area contributed by atoms with Gasteiger partial charge in [0.15, 0.2) is 0 Å². The first kappa shape index (κ1) is 17.4. The van der Waals surface area contributed by atoms with E-state index in [1.807, 2.05) is 19.9 Å². The van der Waals surface area contributed by atoms with Gasteiger partial charge in [-0.2, -0.15) is 0 Å². The number of nitrogens with zero attached hydrogens (tertiary/aromatic N) is 2. The van der Waals surface area contributed by atoms with Gasteiger partial charge >= 0.3 is 0 Å². The summed E-state index contributed by atoms with van der Waals surface area (Å²) in [4.78, 5) is 18.3. The van der Waals surface area contributed by atoms with Crippen LogP contribution in [-0.4, -0.2) is 31.6 Å². The monoisotopic (exact) mass is 359 g/mol. The van der Waals surface area contributed by atoms with Crippen molar-refractivity contribution in [1.82, 2.24) is 4.98 Å². The summed E-state index contributed by atoms with van der Waals surface area (Å²) >= 11 is 0. The minimum Gasteiger partial charge on any atom is -0.308 e. The van der Waals surface area contributed by atoms with Crippen molar-refractivity contribution >= 4 is 27.3 Å². The number of pyridine rings is 1. The van der Waals surface area contributed by atoms with E-state index in [9.17, 15) is 13.2 Å². The summed E-state index contributed by atoms with van der Waals surface area (Å²) in [5, 5.41) is 0. The molecule has 0 bridgehead atoms. The number of amides is 1. The third kappa shape index (κ3) is 3.99. The summed E-state index contributed by atoms with van der Waals surface area (Å²) in [6.45, 7) is 4.30. The van der Waals surface area contributed by atoms with Crippen LogP contribution in [0.1, 0.15) is 29.8 Å². The van der Waals surface area contributed by atoms with Gasteiger partial charge in [-0.1, -0.05) is 19.9 Å². The van der Waals surface area contributed by atoms with E-state index in [2.05, 4.69) is 9.71 Å². The maximum absolute atomic E-state index is 12.7. The maximum atomic E-state index is 12.7. The molecule has 6 nitrogen and oxygen atoms in total. The second kappa shape index (κ2) is 6.84. The van der Waals surface area contributed by atoms with Crippen molar-refractivity contribution in [2.24, 2.45) is 5.92 Å². The van der Waals surface area contributed by atoms with Crippen molar-refractivity contribution in [2.45, 2.75) is 20.3 Å². The van der Waals surface area contributed by atoms with Gasteiger partial charge in [0.2, 0.25) is 10.0 Å². The first-order valence-corrected chi connectivity index (χ1v) is 9.86. The third-order valence-electron chi connectivity index (χ3n) is 3.98. The van der Waals surface area contributed by atoms with Crippen molar-refractivity contribution in [1.29, 1.82) is 0 Å². The molecule has 3 rings (SSSR count). The Kier molecular flexibility index (Phi) is 4.76. The Morgan fingerprint density at radius 1 is 1.24 bits per heavy atom. The average Bonchev–Trinajstić information content (AvgIpc) is 2.96. The van der Waals surface area contributed by atoms with Gasteiger partial charge in [-0.05, 0) is 42.2 Å². The average molecular weight is 359 g/mol. The number of rotatable bonds is 5. The lowest BCUT2D eigenvalue weighted by atomic mass is 10.1. The summed E-state index contributed by atoms with van der Waals surface area (Å²) < 4.78 is 26.9. The number of anilines is 2. The Morgan fingerprint density at radius 3 is 2.64 bits per heavy atom. The molecular formula is C18H21N3O3S. The smallest absolute Gasteiger partial charge is 0.258 e. The van der Waals surface area contributed by atoms with Crippen LogP contribution in [0.25, 0.3) is 0 Å². The Balaban J connectivity index is 1.86. The molecule has 1 aliphatic heterocycles. The normalized spacial score (nSPS) is 13.8. The third-order valence-corrected chi connectivity index (χ3v) is 5.63. The summed E-state index contributed by atoms with van der Waals surface area (Å²) in [6, 6.07) is 8.71. The molecule has 1 N–H and O–H groups in total. The van der Waals surface area contributed by atoms with E-state index >= 15 is 0 Å². The predicted octanol–water partition coefficient (Wildman–Crippen LogP) is 2.68. The van der Waals surface area contributed by atoms with Crippen molar-refractivity contribution in [3.05, 3.63) is 53.9 Å². The number of aromatic nitrogens is 1. The van der Waals surface area contributed by atoms with Crippen LogP contribution < -0.4 is 9.62 Å². The number of hydrogen-bond acceptors (Lipinski definition) is 4. The quantitative estimate of drug-likeness (QED) is 0.890. The zero-order chi connectivity index (χ0) is 18.0. The lowest BCUT2D eigenvalue weighted by Crippen LogP contribution is -2.29. The van der Waals surface area contributed by atoms with Gasteiger partial charge in [-0.25, -0.2) is 8.42 Å². The molecule has 25 heavy (non-hydrogen) atoms. The van der Waals surface area contributed by atoms with Crippen LogP contribution in [-0.2, 0) is 16.4 Å². The van der Waals surface area contributed by atoms with E-state index < -0.39 is 10.0 Å². The van der Waals surface area contributed by atoms with Gasteiger partial charge in [0.05, 0.1) is 11.4 Å². The highest BCUT2D eigenvalue weighted by Crippen LogP contribution is 2.32. The molecule has 0 unspecified atom stereocenters. The van der Waals surface area contributed by atoms with Gasteiger partial charge in [-0.3, -0.25) is 14.5 Å². The summed E-state index contributed by atoms with van der Waals surface area (Å²) in [7, 11) is -3.40. The number of hydrogen-bond donors (Lipinski definition) is 1. The molecule has 0 saturated carbocycles. The number of benzene rings is 1. The Hall–Kier alpha value is -2.41. The van der Waals surface area contributed by atoms with Crippen LogP contribution in [0.5, 0.6) is 0 Å². The molecule has 1 aliphatic rings. The lowest BCUT2D eigenvalue weighted by Gasteiger charge is -2.18. The number of nitrogens with one attached hydrogen (secondary N) is 1. The Labute approximate surface area is 147 Å². The van der Waals surface area contributed by atoms with Gasteiger partial charge in [-0.15, -0.1) is 0 Å². The van der Waals surface area contributed by atoms with Crippen molar-refractivity contribution in [2.75, 3.05) is 21.9 Å². The fourth-order valence-electron chi connectivity index (χ4n) is 2.96. The minimum absolute atomic E-state index is 0.0386. The van der Waals surface area contributed by atoms with E-state index in [0.717, 1.165) is 17.7 Å². The predicted molar refractivity (Wildman–Crippen MR) is 98.3 cm³/mol. The summed E-state index contributed by atoms with van der Waals surface area (Å²) in [5.41, 5.74) is 2.84. The van der Waals surface area contributed by atoms with Crippen LogP contribution in [0, 0.1) is 5.92 Å². The van der Waals surface area contributed by atoms with Gasteiger partial charge in [0.25, 0.3) is 5.91 Å². The second-order valence-electron chi connectivity index (χ2n) is 6.56. The van der Waals surface area contributed by atoms with Crippen LogP contribution in [0.4, 0.5) is 11.4 Å². The molecule has 0 radical (unpaired) electrons. The van der Waals surface area contributed by atoms with Crippen LogP contribution in [0.3, 0.4) is 0 Å². The van der Waals surface area contributed by atoms with E-state index in [-0.39, 0.29) is 17.6 Å². The van der Waals surface area contributed by atoms with Crippen LogP contribution in [0.2, 0.25) is 0 Å². The van der Waals surface area contributed by atoms with Crippen LogP contribution in [0.15, 0.2) is 42.7 Å². The molecule has 0 fully saturated rings. The molecule has 132 valence electrons. The minimum atomic E-state index is -3.40. The maximum Gasteiger partial charge on any atom is 0.258 e. The van der Waals surface area contributed by atoms with Crippen LogP contribution >= 0.6 is 0 Å². The Morgan fingerprint density at radius 2 is 1.96 bits per heavy atom. The van der Waals surface area contributed by atoms with Gasteiger partial charge in [0.1, 0.15) is 0 Å². The lowest BCUT2D eigenvalue weighted by molar-refractivity contribution is 0.0989. The molecule has 0 saturated heterocycles. The number of fused-ring (bicyclic) bond motifs is 1. The van der Waals surface area contributed by atoms with E-state index in [0.29, 0.717) is 17.8 Å². The highest BCUT2D eigenvalue weighted by molar-refractivity contribution is 7.92. The largest absolute Gasteiger partial charge is 0.308 e. The number of sulfonamides is 1. The number of carbonyl (C=O) groups excluding carboxylic acids is 1. The van der Waals surface area contributed by atoms with Crippen molar-refractivity contribution in [3.8, 4) is 0 Å². The van der Waals surface area contributed by atoms with E-state index in [1.54, 1.807) is 41.6 Å². The van der Waals surface area contributed by atoms with E-state index in [1.165, 1.54) is 0 Å². The standard InChI is InChI=1S/C18H21N3O3S/c1-13(2)12-25(23,24)20-16-4-3-14-7-10-21(17(14)11-16)18(22)15-5-8-19-9-6-15/h3-6,8-9,11,13,20H,7,10,12H2,1-2H3. The molecule has 0 atom stereocenters. The molecule has 1 amide bonds. The zero-order valence-electron chi connectivity index (χ0n) is 14.3. The number of carbonyl (C=O) groups is 1. The van der Waals surface area contributed by atoms with E-state index in [4.69, 9.17) is 0 Å². The molecule has 1 aromatic heterocycles. The molecular weight excluding hydrogens is 338 g/mol. The summed E-state index contributed by atoms with van der Waals surface area (Å²) in [6.07, 6.45) is 3.92. The second-order valence-corrected chi connectivity index (χ2v) is 8.33. The highest BCUT2D eigenvalue weighted by Gasteiger charge is 2.26. The molecule has 2 heterocycles. The molecule has 1 aromatic carbocycles. The topological polar surface area (TPSA) is 79.4 Å². The SMILES string of the molecule is CC(C)CS(=O)(=O)Nc1ccc2c(c1)N(C(=O)c1ccncc1)CC2. The Bertz CT molecular complexity index is 880. The van der Waals surface area contributed by atoms with Crippen molar-refractivity contribution in [3.63, 3.8) is 0 Å². The molecule has 0 aliphatic carbocycles. The van der Waals surface area contributed by atoms with Gasteiger partial charge < -0.3 is 4.90 Å². The summed E-state index contributed by atoms with van der Waals surface area (Å²) in [5.74, 6) is -0.0101. The first-order valence-electron chi connectivity index (χ1n) is 8.21. The fraction of sp³-hybridized carbons (Fsp3) is 0.333. The zero-order valence-corrected chi connectivity index (χ0v) is 15.1. The highest BCUT2D eigenvalue weighted by atomic mass is 32.2.